The van der Waals surface area contributed by atoms with Gasteiger partial charge >= 0.3 is 0 Å². The molecule has 0 spiro atoms. The number of aromatic nitrogens is 1. The first kappa shape index (κ1) is 14.4. The fourth-order valence-corrected chi connectivity index (χ4v) is 1.74. The minimum atomic E-state index is -0.416. The van der Waals surface area contributed by atoms with Crippen molar-refractivity contribution in [3.8, 4) is 11.6 Å². The molecule has 1 heterocycles. The van der Waals surface area contributed by atoms with Crippen molar-refractivity contribution in [3.05, 3.63) is 53.2 Å². The minimum Gasteiger partial charge on any atom is -0.439 e. The third-order valence-electron chi connectivity index (χ3n) is 2.80. The molecule has 0 aliphatic rings. The summed E-state index contributed by atoms with van der Waals surface area (Å²) in [5.41, 5.74) is 1.10. The standard InChI is InChI=1S/C15H16F2N2O/c1-3-18-8-11-7-12(16)9-19-15(11)20-13-4-5-14(17)10(2)6-13/h4-7,9,18H,3,8H2,1-2H3. The van der Waals surface area contributed by atoms with E-state index in [0.29, 0.717) is 29.3 Å². The average Bonchev–Trinajstić information content (AvgIpc) is 2.43. The van der Waals surface area contributed by atoms with Crippen molar-refractivity contribution in [2.45, 2.75) is 20.4 Å². The number of halogens is 2. The van der Waals surface area contributed by atoms with Crippen molar-refractivity contribution in [2.24, 2.45) is 0 Å². The van der Waals surface area contributed by atoms with Crippen molar-refractivity contribution in [1.82, 2.24) is 10.3 Å². The number of aryl methyl sites for hydroxylation is 1. The third-order valence-corrected chi connectivity index (χ3v) is 2.80. The largest absolute Gasteiger partial charge is 0.439 e. The molecule has 0 fully saturated rings. The molecule has 0 saturated heterocycles. The number of benzene rings is 1. The van der Waals surface area contributed by atoms with Crippen molar-refractivity contribution in [3.63, 3.8) is 0 Å². The third kappa shape index (κ3) is 3.51. The SMILES string of the molecule is CCNCc1cc(F)cnc1Oc1ccc(F)c(C)c1. The van der Waals surface area contributed by atoms with Crippen molar-refractivity contribution >= 4 is 0 Å². The lowest BCUT2D eigenvalue weighted by molar-refractivity contribution is 0.447. The maximum Gasteiger partial charge on any atom is 0.223 e. The minimum absolute atomic E-state index is 0.294. The molecule has 20 heavy (non-hydrogen) atoms. The Kier molecular flexibility index (Phi) is 4.63. The Labute approximate surface area is 116 Å². The second kappa shape index (κ2) is 6.43. The predicted molar refractivity (Wildman–Crippen MR) is 72.8 cm³/mol. The van der Waals surface area contributed by atoms with Crippen LogP contribution in [0, 0.1) is 18.6 Å². The lowest BCUT2D eigenvalue weighted by Crippen LogP contribution is -2.13. The Morgan fingerprint density at radius 1 is 1.25 bits per heavy atom. The number of nitrogens with zero attached hydrogens (tertiary/aromatic N) is 1. The van der Waals surface area contributed by atoms with E-state index in [2.05, 4.69) is 10.3 Å². The van der Waals surface area contributed by atoms with Gasteiger partial charge in [0.25, 0.3) is 0 Å². The number of rotatable bonds is 5. The van der Waals surface area contributed by atoms with E-state index in [-0.39, 0.29) is 5.82 Å². The van der Waals surface area contributed by atoms with Crippen molar-refractivity contribution < 1.29 is 13.5 Å². The summed E-state index contributed by atoms with van der Waals surface area (Å²) in [7, 11) is 0. The summed E-state index contributed by atoms with van der Waals surface area (Å²) in [6.07, 6.45) is 1.10. The van der Waals surface area contributed by atoms with E-state index in [0.717, 1.165) is 12.7 Å². The van der Waals surface area contributed by atoms with Crippen LogP contribution in [0.5, 0.6) is 11.6 Å². The van der Waals surface area contributed by atoms with Gasteiger partial charge in [-0.3, -0.25) is 0 Å². The van der Waals surface area contributed by atoms with Crippen LogP contribution in [-0.4, -0.2) is 11.5 Å². The van der Waals surface area contributed by atoms with Crippen LogP contribution >= 0.6 is 0 Å². The monoisotopic (exact) mass is 278 g/mol. The van der Waals surface area contributed by atoms with Gasteiger partial charge in [-0.05, 0) is 43.3 Å². The van der Waals surface area contributed by atoms with E-state index < -0.39 is 5.82 Å². The zero-order valence-corrected chi connectivity index (χ0v) is 11.4. The first-order chi connectivity index (χ1) is 9.60. The molecule has 0 atom stereocenters. The highest BCUT2D eigenvalue weighted by molar-refractivity contribution is 5.35. The molecule has 1 N–H and O–H groups in total. The average molecular weight is 278 g/mol. The number of pyridine rings is 1. The maximum atomic E-state index is 13.2. The zero-order valence-electron chi connectivity index (χ0n) is 11.4. The summed E-state index contributed by atoms with van der Waals surface area (Å²) in [5.74, 6) is 0.0805. The Balaban J connectivity index is 2.25. The van der Waals surface area contributed by atoms with E-state index in [9.17, 15) is 8.78 Å². The molecule has 0 saturated carbocycles. The van der Waals surface area contributed by atoms with Gasteiger partial charge < -0.3 is 10.1 Å². The molecule has 1 aromatic heterocycles. The molecular formula is C15H16F2N2O. The molecule has 2 aromatic rings. The predicted octanol–water partition coefficient (Wildman–Crippen LogP) is 3.57. The molecule has 0 amide bonds. The molecular weight excluding hydrogens is 262 g/mol. The summed E-state index contributed by atoms with van der Waals surface area (Å²) < 4.78 is 32.1. The summed E-state index contributed by atoms with van der Waals surface area (Å²) in [6.45, 7) is 4.82. The Hall–Kier alpha value is -2.01. The van der Waals surface area contributed by atoms with E-state index in [1.165, 1.54) is 18.2 Å². The lowest BCUT2D eigenvalue weighted by Gasteiger charge is -2.11. The van der Waals surface area contributed by atoms with Gasteiger partial charge in [0.1, 0.15) is 17.4 Å². The van der Waals surface area contributed by atoms with Crippen LogP contribution in [-0.2, 0) is 6.54 Å². The summed E-state index contributed by atoms with van der Waals surface area (Å²) in [4.78, 5) is 3.95. The Bertz CT molecular complexity index is 602. The molecule has 0 bridgehead atoms. The quantitative estimate of drug-likeness (QED) is 0.908. The molecule has 2 rings (SSSR count). The summed E-state index contributed by atoms with van der Waals surface area (Å²) in [5, 5.41) is 3.09. The van der Waals surface area contributed by atoms with E-state index in [1.807, 2.05) is 6.92 Å². The van der Waals surface area contributed by atoms with Gasteiger partial charge in [0, 0.05) is 12.1 Å². The topological polar surface area (TPSA) is 34.2 Å². The normalized spacial score (nSPS) is 10.6. The molecule has 5 heteroatoms. The number of nitrogens with one attached hydrogen (secondary N) is 1. The number of ether oxygens (including phenoxy) is 1. The van der Waals surface area contributed by atoms with Crippen LogP contribution in [0.1, 0.15) is 18.1 Å². The molecule has 0 radical (unpaired) electrons. The van der Waals surface area contributed by atoms with Crippen LogP contribution in [0.4, 0.5) is 8.78 Å². The van der Waals surface area contributed by atoms with Gasteiger partial charge in [0.05, 0.1) is 6.20 Å². The highest BCUT2D eigenvalue weighted by Gasteiger charge is 2.09. The van der Waals surface area contributed by atoms with Gasteiger partial charge in [0.2, 0.25) is 5.88 Å². The Morgan fingerprint density at radius 2 is 2.05 bits per heavy atom. The van der Waals surface area contributed by atoms with E-state index in [4.69, 9.17) is 4.74 Å². The molecule has 1 aromatic carbocycles. The molecule has 0 aliphatic heterocycles. The van der Waals surface area contributed by atoms with Crippen LogP contribution in [0.3, 0.4) is 0 Å². The highest BCUT2D eigenvalue weighted by atomic mass is 19.1. The van der Waals surface area contributed by atoms with Crippen molar-refractivity contribution in [2.75, 3.05) is 6.54 Å². The van der Waals surface area contributed by atoms with Crippen LogP contribution in [0.25, 0.3) is 0 Å². The maximum absolute atomic E-state index is 13.2. The summed E-state index contributed by atoms with van der Waals surface area (Å²) >= 11 is 0. The highest BCUT2D eigenvalue weighted by Crippen LogP contribution is 2.25. The second-order valence-electron chi connectivity index (χ2n) is 4.41. The van der Waals surface area contributed by atoms with Gasteiger partial charge in [-0.2, -0.15) is 0 Å². The van der Waals surface area contributed by atoms with Gasteiger partial charge in [0.15, 0.2) is 0 Å². The molecule has 3 nitrogen and oxygen atoms in total. The number of hydrogen-bond acceptors (Lipinski definition) is 3. The first-order valence-electron chi connectivity index (χ1n) is 6.39. The van der Waals surface area contributed by atoms with Crippen LogP contribution < -0.4 is 10.1 Å². The number of hydrogen-bond donors (Lipinski definition) is 1. The first-order valence-corrected chi connectivity index (χ1v) is 6.39. The van der Waals surface area contributed by atoms with Gasteiger partial charge in [-0.1, -0.05) is 6.92 Å². The zero-order chi connectivity index (χ0) is 14.5. The van der Waals surface area contributed by atoms with Crippen molar-refractivity contribution in [1.29, 1.82) is 0 Å². The molecule has 0 unspecified atom stereocenters. The lowest BCUT2D eigenvalue weighted by atomic mass is 10.2. The Morgan fingerprint density at radius 3 is 2.75 bits per heavy atom. The second-order valence-corrected chi connectivity index (χ2v) is 4.41. The van der Waals surface area contributed by atoms with Gasteiger partial charge in [-0.15, -0.1) is 0 Å². The fourth-order valence-electron chi connectivity index (χ4n) is 1.74. The summed E-state index contributed by atoms with van der Waals surface area (Å²) in [6, 6.07) is 5.81. The van der Waals surface area contributed by atoms with Crippen LogP contribution in [0.2, 0.25) is 0 Å². The molecule has 0 aliphatic carbocycles. The van der Waals surface area contributed by atoms with E-state index in [1.54, 1.807) is 13.0 Å². The smallest absolute Gasteiger partial charge is 0.223 e. The fraction of sp³-hybridized carbons (Fsp3) is 0.267. The van der Waals surface area contributed by atoms with Gasteiger partial charge in [-0.25, -0.2) is 13.8 Å². The molecule has 106 valence electrons. The van der Waals surface area contributed by atoms with Crippen LogP contribution in [0.15, 0.2) is 30.5 Å². The van der Waals surface area contributed by atoms with E-state index >= 15 is 0 Å².